The van der Waals surface area contributed by atoms with Gasteiger partial charge in [-0.1, -0.05) is 31.5 Å². The Morgan fingerprint density at radius 2 is 1.90 bits per heavy atom. The highest BCUT2D eigenvalue weighted by molar-refractivity contribution is 5.84. The van der Waals surface area contributed by atoms with Gasteiger partial charge in [0.2, 0.25) is 11.8 Å². The van der Waals surface area contributed by atoms with Crippen molar-refractivity contribution >= 4 is 11.9 Å². The van der Waals surface area contributed by atoms with E-state index in [-0.39, 0.29) is 18.8 Å². The van der Waals surface area contributed by atoms with Crippen molar-refractivity contribution in [2.45, 2.75) is 59.1 Å². The van der Waals surface area contributed by atoms with Crippen LogP contribution in [-0.2, 0) is 20.7 Å². The Bertz CT molecular complexity index is 898. The van der Waals surface area contributed by atoms with Crippen LogP contribution in [0.15, 0.2) is 28.7 Å². The highest BCUT2D eigenvalue weighted by Gasteiger charge is 2.32. The quantitative estimate of drug-likeness (QED) is 0.679. The van der Waals surface area contributed by atoms with Crippen molar-refractivity contribution < 1.29 is 18.7 Å². The summed E-state index contributed by atoms with van der Waals surface area (Å²) in [6, 6.07) is 9.74. The van der Waals surface area contributed by atoms with Gasteiger partial charge in [0.25, 0.3) is 5.91 Å². The second-order valence-electron chi connectivity index (χ2n) is 7.46. The van der Waals surface area contributed by atoms with E-state index in [2.05, 4.69) is 21.6 Å². The second kappa shape index (κ2) is 9.32. The summed E-state index contributed by atoms with van der Waals surface area (Å²) in [5, 5.41) is 19.8. The van der Waals surface area contributed by atoms with E-state index in [1.807, 2.05) is 45.0 Å². The number of amides is 1. The van der Waals surface area contributed by atoms with E-state index < -0.39 is 23.5 Å². The van der Waals surface area contributed by atoms with Crippen LogP contribution in [0.2, 0.25) is 0 Å². The minimum atomic E-state index is -1.03. The molecule has 0 spiro atoms. The van der Waals surface area contributed by atoms with E-state index in [4.69, 9.17) is 9.15 Å². The molecule has 1 amide bonds. The lowest BCUT2D eigenvalue weighted by atomic mass is 9.90. The van der Waals surface area contributed by atoms with Crippen LogP contribution in [0, 0.1) is 24.2 Å². The molecule has 0 fully saturated rings. The maximum absolute atomic E-state index is 12.2. The minimum absolute atomic E-state index is 0.00709. The fourth-order valence-corrected chi connectivity index (χ4v) is 2.34. The van der Waals surface area contributed by atoms with E-state index in [1.165, 1.54) is 6.92 Å². The zero-order valence-electron chi connectivity index (χ0n) is 17.4. The van der Waals surface area contributed by atoms with Crippen LogP contribution in [0.1, 0.15) is 45.6 Å². The maximum atomic E-state index is 12.2. The molecule has 1 heterocycles. The predicted octanol–water partition coefficient (Wildman–Crippen LogP) is 2.96. The van der Waals surface area contributed by atoms with Gasteiger partial charge in [0, 0.05) is 12.0 Å². The summed E-state index contributed by atoms with van der Waals surface area (Å²) in [6.07, 6.45) is -0.819. The van der Waals surface area contributed by atoms with Gasteiger partial charge in [0.05, 0.1) is 12.5 Å². The molecule has 8 nitrogen and oxygen atoms in total. The second-order valence-corrected chi connectivity index (χ2v) is 7.46. The Morgan fingerprint density at radius 1 is 1.24 bits per heavy atom. The van der Waals surface area contributed by atoms with E-state index in [9.17, 15) is 14.9 Å². The Morgan fingerprint density at radius 3 is 2.48 bits per heavy atom. The van der Waals surface area contributed by atoms with Gasteiger partial charge in [0.1, 0.15) is 5.54 Å². The molecular formula is C21H26N4O4. The zero-order chi connectivity index (χ0) is 21.6. The molecule has 0 aliphatic carbocycles. The van der Waals surface area contributed by atoms with Crippen LogP contribution in [0.4, 0.5) is 0 Å². The minimum Gasteiger partial charge on any atom is -0.453 e. The van der Waals surface area contributed by atoms with Crippen molar-refractivity contribution in [2.75, 3.05) is 0 Å². The van der Waals surface area contributed by atoms with Gasteiger partial charge >= 0.3 is 5.97 Å². The number of esters is 1. The number of carbonyl (C=O) groups is 2. The summed E-state index contributed by atoms with van der Waals surface area (Å²) in [6.45, 7) is 8.74. The number of aromatic nitrogens is 2. The molecular weight excluding hydrogens is 372 g/mol. The first kappa shape index (κ1) is 22.1. The third kappa shape index (κ3) is 5.88. The van der Waals surface area contributed by atoms with E-state index in [0.29, 0.717) is 11.8 Å². The molecule has 0 aliphatic rings. The third-order valence-electron chi connectivity index (χ3n) is 4.76. The molecule has 1 aromatic heterocycles. The normalized spacial score (nSPS) is 14.0. The van der Waals surface area contributed by atoms with Gasteiger partial charge in [-0.05, 0) is 38.8 Å². The predicted molar refractivity (Wildman–Crippen MR) is 105 cm³/mol. The Kier molecular flexibility index (Phi) is 7.10. The summed E-state index contributed by atoms with van der Waals surface area (Å²) in [7, 11) is 0. The number of carbonyl (C=O) groups excluding carboxylic acids is 2. The summed E-state index contributed by atoms with van der Waals surface area (Å²) < 4.78 is 10.7. The van der Waals surface area contributed by atoms with Gasteiger partial charge in [-0.15, -0.1) is 10.2 Å². The molecule has 2 atom stereocenters. The molecule has 0 saturated carbocycles. The van der Waals surface area contributed by atoms with Crippen molar-refractivity contribution in [3.63, 3.8) is 0 Å². The average molecular weight is 398 g/mol. The number of ether oxygens (including phenoxy) is 1. The number of aryl methyl sites for hydroxylation is 2. The first-order chi connectivity index (χ1) is 13.6. The van der Waals surface area contributed by atoms with Crippen LogP contribution in [-0.4, -0.2) is 33.7 Å². The number of nitrogens with one attached hydrogen (secondary N) is 1. The van der Waals surface area contributed by atoms with E-state index in [1.54, 1.807) is 6.92 Å². The van der Waals surface area contributed by atoms with Crippen LogP contribution in [0.25, 0.3) is 11.5 Å². The highest BCUT2D eigenvalue weighted by Crippen LogP contribution is 2.19. The molecule has 1 N–H and O–H groups in total. The molecule has 8 heteroatoms. The first-order valence-corrected chi connectivity index (χ1v) is 9.47. The van der Waals surface area contributed by atoms with Gasteiger partial charge in [0.15, 0.2) is 6.10 Å². The number of rotatable bonds is 8. The van der Waals surface area contributed by atoms with Crippen molar-refractivity contribution in [3.8, 4) is 17.5 Å². The molecule has 0 aliphatic heterocycles. The van der Waals surface area contributed by atoms with Crippen LogP contribution >= 0.6 is 0 Å². The molecule has 29 heavy (non-hydrogen) atoms. The number of hydrogen-bond acceptors (Lipinski definition) is 7. The molecule has 1 aromatic carbocycles. The fraction of sp³-hybridized carbons (Fsp3) is 0.476. The molecule has 0 saturated heterocycles. The summed E-state index contributed by atoms with van der Waals surface area (Å²) in [4.78, 5) is 24.3. The molecule has 2 rings (SSSR count). The monoisotopic (exact) mass is 398 g/mol. The molecule has 2 aromatic rings. The maximum Gasteiger partial charge on any atom is 0.307 e. The summed E-state index contributed by atoms with van der Waals surface area (Å²) in [5.41, 5.74) is 0.888. The number of nitriles is 1. The van der Waals surface area contributed by atoms with Crippen LogP contribution in [0.5, 0.6) is 0 Å². The smallest absolute Gasteiger partial charge is 0.307 e. The topological polar surface area (TPSA) is 118 Å². The van der Waals surface area contributed by atoms with Gasteiger partial charge in [-0.2, -0.15) is 5.26 Å². The number of nitrogens with zero attached hydrogens (tertiary/aromatic N) is 3. The van der Waals surface area contributed by atoms with Gasteiger partial charge < -0.3 is 14.5 Å². The SMILES string of the molecule is Cc1ccc(-c2nnc(CCC(=O)OC(C)C(=O)NC(C)(C#N)C(C)C)o2)cc1. The zero-order valence-corrected chi connectivity index (χ0v) is 17.4. The standard InChI is InChI=1S/C21H26N4O4/c1-13(2)21(5,12-22)23-19(27)15(4)28-18(26)11-10-17-24-25-20(29-17)16-8-6-14(3)7-9-16/h6-9,13,15H,10-11H2,1-5H3,(H,23,27). The largest absolute Gasteiger partial charge is 0.453 e. The lowest BCUT2D eigenvalue weighted by molar-refractivity contribution is -0.155. The van der Waals surface area contributed by atoms with E-state index >= 15 is 0 Å². The molecule has 0 bridgehead atoms. The molecule has 2 unspecified atom stereocenters. The first-order valence-electron chi connectivity index (χ1n) is 9.47. The summed E-state index contributed by atoms with van der Waals surface area (Å²) in [5.74, 6) is -0.488. The number of benzene rings is 1. The Balaban J connectivity index is 1.86. The van der Waals surface area contributed by atoms with Crippen molar-refractivity contribution in [1.82, 2.24) is 15.5 Å². The van der Waals surface area contributed by atoms with E-state index in [0.717, 1.165) is 11.1 Å². The van der Waals surface area contributed by atoms with Crippen molar-refractivity contribution in [3.05, 3.63) is 35.7 Å². The molecule has 0 radical (unpaired) electrons. The highest BCUT2D eigenvalue weighted by atomic mass is 16.5. The Hall–Kier alpha value is -3.21. The summed E-state index contributed by atoms with van der Waals surface area (Å²) >= 11 is 0. The van der Waals surface area contributed by atoms with Crippen molar-refractivity contribution in [1.29, 1.82) is 5.26 Å². The Labute approximate surface area is 170 Å². The lowest BCUT2D eigenvalue weighted by Crippen LogP contribution is -2.52. The fourth-order valence-electron chi connectivity index (χ4n) is 2.34. The third-order valence-corrected chi connectivity index (χ3v) is 4.76. The molecule has 154 valence electrons. The number of hydrogen-bond donors (Lipinski definition) is 1. The van der Waals surface area contributed by atoms with Crippen LogP contribution < -0.4 is 5.32 Å². The lowest BCUT2D eigenvalue weighted by Gasteiger charge is -2.28. The van der Waals surface area contributed by atoms with Crippen molar-refractivity contribution in [2.24, 2.45) is 5.92 Å². The average Bonchev–Trinajstić information content (AvgIpc) is 3.15. The van der Waals surface area contributed by atoms with Gasteiger partial charge in [-0.25, -0.2) is 0 Å². The van der Waals surface area contributed by atoms with Gasteiger partial charge in [-0.3, -0.25) is 9.59 Å². The van der Waals surface area contributed by atoms with Crippen LogP contribution in [0.3, 0.4) is 0 Å².